The monoisotopic (exact) mass is 417 g/mol. The number of amides is 1. The summed E-state index contributed by atoms with van der Waals surface area (Å²) in [7, 11) is 3.68. The first-order valence-electron chi connectivity index (χ1n) is 10.7. The predicted octanol–water partition coefficient (Wildman–Crippen LogP) is 1.96. The van der Waals surface area contributed by atoms with Gasteiger partial charge in [0.05, 0.1) is 12.1 Å². The molecular weight excluding hydrogens is 378 g/mol. The maximum atomic E-state index is 13.0. The minimum Gasteiger partial charge on any atom is -0.370 e. The highest BCUT2D eigenvalue weighted by Gasteiger charge is 2.27. The van der Waals surface area contributed by atoms with Gasteiger partial charge in [-0.3, -0.25) is 14.6 Å². The molecule has 0 bridgehead atoms. The highest BCUT2D eigenvalue weighted by atomic mass is 16.2. The van der Waals surface area contributed by atoms with Gasteiger partial charge in [-0.25, -0.2) is 0 Å². The second-order valence-electron chi connectivity index (χ2n) is 8.46. The Morgan fingerprint density at radius 2 is 1.70 bits per heavy atom. The van der Waals surface area contributed by atoms with Crippen molar-refractivity contribution in [2.45, 2.75) is 65.1 Å². The number of nitrogens with two attached hydrogens (primary N) is 1. The Bertz CT molecular complexity index is 686. The molecule has 1 aromatic carbocycles. The number of hydrogen-bond donors (Lipinski definition) is 3. The van der Waals surface area contributed by atoms with Crippen LogP contribution in [0.1, 0.15) is 46.1 Å². The van der Waals surface area contributed by atoms with E-state index in [9.17, 15) is 9.59 Å². The third-order valence-electron chi connectivity index (χ3n) is 4.75. The Morgan fingerprint density at radius 1 is 1.07 bits per heavy atom. The summed E-state index contributed by atoms with van der Waals surface area (Å²) in [4.78, 5) is 31.9. The van der Waals surface area contributed by atoms with E-state index in [-0.39, 0.29) is 29.7 Å². The van der Waals surface area contributed by atoms with Crippen LogP contribution in [0.15, 0.2) is 35.3 Å². The highest BCUT2D eigenvalue weighted by molar-refractivity contribution is 5.92. The first kappa shape index (κ1) is 25.6. The van der Waals surface area contributed by atoms with Gasteiger partial charge in [0, 0.05) is 32.6 Å². The summed E-state index contributed by atoms with van der Waals surface area (Å²) < 4.78 is 0. The van der Waals surface area contributed by atoms with Crippen LogP contribution in [0.25, 0.3) is 0 Å². The zero-order valence-corrected chi connectivity index (χ0v) is 19.3. The van der Waals surface area contributed by atoms with E-state index in [1.54, 1.807) is 4.90 Å². The van der Waals surface area contributed by atoms with Gasteiger partial charge in [-0.2, -0.15) is 0 Å². The number of nitrogens with one attached hydrogen (secondary N) is 2. The third-order valence-corrected chi connectivity index (χ3v) is 4.75. The fourth-order valence-electron chi connectivity index (χ4n) is 3.07. The number of aliphatic imine (C=N–C) groups is 1. The summed E-state index contributed by atoms with van der Waals surface area (Å²) in [5, 5.41) is 6.31. The molecule has 0 aliphatic heterocycles. The van der Waals surface area contributed by atoms with Crippen molar-refractivity contribution in [3.8, 4) is 0 Å². The fraction of sp³-hybridized carbons (Fsp3) is 0.609. The lowest BCUT2D eigenvalue weighted by Crippen LogP contribution is -2.53. The van der Waals surface area contributed by atoms with Crippen LogP contribution in [-0.4, -0.2) is 61.3 Å². The maximum absolute atomic E-state index is 13.0. The third kappa shape index (κ3) is 9.39. The van der Waals surface area contributed by atoms with Gasteiger partial charge in [-0.15, -0.1) is 0 Å². The van der Waals surface area contributed by atoms with E-state index in [4.69, 9.17) is 5.73 Å². The van der Waals surface area contributed by atoms with Crippen molar-refractivity contribution < 1.29 is 9.59 Å². The molecule has 0 heterocycles. The lowest BCUT2D eigenvalue weighted by atomic mass is 9.95. The number of guanidine groups is 1. The SMILES string of the molecule is CC(C)NC(CCCN=C(N)N(C)C)C(=O)NC(Cc1ccccc1)C(=O)C(C)C. The summed E-state index contributed by atoms with van der Waals surface area (Å²) in [6.07, 6.45) is 1.82. The van der Waals surface area contributed by atoms with E-state index >= 15 is 0 Å². The van der Waals surface area contributed by atoms with E-state index in [1.807, 2.05) is 72.1 Å². The lowest BCUT2D eigenvalue weighted by molar-refractivity contribution is -0.130. The van der Waals surface area contributed by atoms with Crippen LogP contribution in [0.2, 0.25) is 0 Å². The van der Waals surface area contributed by atoms with E-state index in [1.165, 1.54) is 0 Å². The van der Waals surface area contributed by atoms with Crippen molar-refractivity contribution in [3.63, 3.8) is 0 Å². The Labute approximate surface area is 181 Å². The van der Waals surface area contributed by atoms with Gasteiger partial charge in [0.2, 0.25) is 5.91 Å². The van der Waals surface area contributed by atoms with Crippen LogP contribution in [0.3, 0.4) is 0 Å². The van der Waals surface area contributed by atoms with E-state index in [0.29, 0.717) is 31.8 Å². The van der Waals surface area contributed by atoms with Crippen molar-refractivity contribution in [1.29, 1.82) is 0 Å². The molecule has 168 valence electrons. The van der Waals surface area contributed by atoms with Crippen molar-refractivity contribution >= 4 is 17.6 Å². The van der Waals surface area contributed by atoms with Crippen LogP contribution in [0.5, 0.6) is 0 Å². The predicted molar refractivity (Wildman–Crippen MR) is 123 cm³/mol. The average Bonchev–Trinajstić information content (AvgIpc) is 2.69. The number of carbonyl (C=O) groups excluding carboxylic acids is 2. The fourth-order valence-corrected chi connectivity index (χ4v) is 3.07. The second kappa shape index (κ2) is 13.0. The maximum Gasteiger partial charge on any atom is 0.237 e. The van der Waals surface area contributed by atoms with Crippen molar-refractivity contribution in [2.75, 3.05) is 20.6 Å². The smallest absolute Gasteiger partial charge is 0.237 e. The van der Waals surface area contributed by atoms with E-state index in [0.717, 1.165) is 5.56 Å². The molecule has 30 heavy (non-hydrogen) atoms. The zero-order valence-electron chi connectivity index (χ0n) is 19.3. The second-order valence-corrected chi connectivity index (χ2v) is 8.46. The van der Waals surface area contributed by atoms with E-state index < -0.39 is 6.04 Å². The molecule has 7 nitrogen and oxygen atoms in total. The molecule has 4 N–H and O–H groups in total. The normalized spacial score (nSPS) is 13.9. The van der Waals surface area contributed by atoms with Gasteiger partial charge in [0.25, 0.3) is 0 Å². The molecule has 2 unspecified atom stereocenters. The van der Waals surface area contributed by atoms with Crippen molar-refractivity contribution in [2.24, 2.45) is 16.6 Å². The molecule has 1 amide bonds. The molecule has 2 atom stereocenters. The molecule has 1 aromatic rings. The summed E-state index contributed by atoms with van der Waals surface area (Å²) >= 11 is 0. The Balaban J connectivity index is 2.83. The highest BCUT2D eigenvalue weighted by Crippen LogP contribution is 2.10. The number of rotatable bonds is 12. The lowest BCUT2D eigenvalue weighted by Gasteiger charge is -2.25. The number of ketones is 1. The van der Waals surface area contributed by atoms with Gasteiger partial charge < -0.3 is 21.3 Å². The minimum absolute atomic E-state index is 0.0406. The van der Waals surface area contributed by atoms with Gasteiger partial charge in [-0.05, 0) is 24.8 Å². The first-order chi connectivity index (χ1) is 14.1. The van der Waals surface area contributed by atoms with Gasteiger partial charge in [-0.1, -0.05) is 58.0 Å². The molecule has 0 saturated heterocycles. The van der Waals surface area contributed by atoms with Crippen molar-refractivity contribution in [3.05, 3.63) is 35.9 Å². The van der Waals surface area contributed by atoms with Crippen LogP contribution < -0.4 is 16.4 Å². The Hall–Kier alpha value is -2.41. The number of benzene rings is 1. The summed E-state index contributed by atoms with van der Waals surface area (Å²) in [6.45, 7) is 8.28. The van der Waals surface area contributed by atoms with Crippen LogP contribution in [0.4, 0.5) is 0 Å². The number of Topliss-reactive ketones (excluding diaryl/α,β-unsaturated/α-hetero) is 1. The van der Waals surface area contributed by atoms with Crippen LogP contribution >= 0.6 is 0 Å². The summed E-state index contributed by atoms with van der Waals surface area (Å²) in [5.74, 6) is 0.208. The summed E-state index contributed by atoms with van der Waals surface area (Å²) in [5.41, 5.74) is 6.84. The topological polar surface area (TPSA) is 99.8 Å². The standard InChI is InChI=1S/C23H39N5O2/c1-16(2)21(29)20(15-18-11-8-7-9-12-18)27-22(30)19(26-17(3)4)13-10-14-25-23(24)28(5)6/h7-9,11-12,16-17,19-20,26H,10,13-15H2,1-6H3,(H2,24,25)(H,27,30). The number of carbonyl (C=O) groups is 2. The molecule has 0 fully saturated rings. The first-order valence-corrected chi connectivity index (χ1v) is 10.7. The quantitative estimate of drug-likeness (QED) is 0.274. The Kier molecular flexibility index (Phi) is 11.1. The minimum atomic E-state index is -0.543. The van der Waals surface area contributed by atoms with Crippen LogP contribution in [0, 0.1) is 5.92 Å². The average molecular weight is 418 g/mol. The molecular formula is C23H39N5O2. The van der Waals surface area contributed by atoms with Gasteiger partial charge >= 0.3 is 0 Å². The van der Waals surface area contributed by atoms with Gasteiger partial charge in [0.1, 0.15) is 0 Å². The van der Waals surface area contributed by atoms with Crippen molar-refractivity contribution in [1.82, 2.24) is 15.5 Å². The Morgan fingerprint density at radius 3 is 2.23 bits per heavy atom. The zero-order chi connectivity index (χ0) is 22.7. The van der Waals surface area contributed by atoms with Gasteiger partial charge in [0.15, 0.2) is 11.7 Å². The number of hydrogen-bond acceptors (Lipinski definition) is 4. The number of nitrogens with zero attached hydrogens (tertiary/aromatic N) is 2. The molecule has 0 radical (unpaired) electrons. The van der Waals surface area contributed by atoms with E-state index in [2.05, 4.69) is 15.6 Å². The molecule has 1 rings (SSSR count). The largest absolute Gasteiger partial charge is 0.370 e. The van der Waals surface area contributed by atoms with Crippen LogP contribution in [-0.2, 0) is 16.0 Å². The molecule has 0 spiro atoms. The molecule has 0 saturated carbocycles. The molecule has 0 aromatic heterocycles. The molecule has 0 aliphatic carbocycles. The molecule has 7 heteroatoms. The summed E-state index contributed by atoms with van der Waals surface area (Å²) in [6, 6.07) is 8.99. The molecule has 0 aliphatic rings.